The van der Waals surface area contributed by atoms with Gasteiger partial charge < -0.3 is 4.42 Å². The molecule has 0 N–H and O–H groups in total. The maximum Gasteiger partial charge on any atom is 0.244 e. The van der Waals surface area contributed by atoms with Crippen molar-refractivity contribution in [3.63, 3.8) is 0 Å². The Bertz CT molecular complexity index is 1060. The van der Waals surface area contributed by atoms with Gasteiger partial charge in [0, 0.05) is 5.56 Å². The van der Waals surface area contributed by atoms with Crippen LogP contribution in [0, 0.1) is 0 Å². The number of fused-ring (bicyclic) bond motifs is 1. The second-order valence-corrected chi connectivity index (χ2v) is 7.95. The Labute approximate surface area is 151 Å². The van der Waals surface area contributed by atoms with Crippen LogP contribution in [-0.2, 0) is 16.6 Å². The lowest BCUT2D eigenvalue weighted by Crippen LogP contribution is -2.46. The highest BCUT2D eigenvalue weighted by atomic mass is 32.2. The number of hydrogen-bond donors (Lipinski definition) is 0. The summed E-state index contributed by atoms with van der Waals surface area (Å²) in [6.07, 6.45) is 0. The number of carbonyl (C=O) groups excluding carboxylic acids is 1. The van der Waals surface area contributed by atoms with Gasteiger partial charge in [-0.2, -0.15) is 4.31 Å². The van der Waals surface area contributed by atoms with E-state index < -0.39 is 16.1 Å². The van der Waals surface area contributed by atoms with Gasteiger partial charge in [0.15, 0.2) is 5.76 Å². The number of hydrogen-bond acceptors (Lipinski definition) is 5. The molecule has 0 aliphatic carbocycles. The highest BCUT2D eigenvalue weighted by molar-refractivity contribution is 7.89. The minimum absolute atomic E-state index is 0.00417. The predicted molar refractivity (Wildman–Crippen MR) is 94.9 cm³/mol. The number of carbonyl (C=O) groups is 1. The van der Waals surface area contributed by atoms with Gasteiger partial charge in [-0.25, -0.2) is 13.4 Å². The van der Waals surface area contributed by atoms with Crippen molar-refractivity contribution in [3.05, 3.63) is 72.1 Å². The standard InChI is InChI=1S/C19H16N2O4S/c1-13-17(22)18-16(20-19(25-18)14-8-4-2-5-9-14)12-21(13)26(23,24)15-10-6-3-7-11-15/h2-11,13H,12H2,1H3/t13-/m0/s1. The summed E-state index contributed by atoms with van der Waals surface area (Å²) >= 11 is 0. The molecule has 6 nitrogen and oxygen atoms in total. The molecule has 7 heteroatoms. The third-order valence-corrected chi connectivity index (χ3v) is 6.34. The molecular weight excluding hydrogens is 352 g/mol. The van der Waals surface area contributed by atoms with Crippen LogP contribution in [-0.4, -0.2) is 29.5 Å². The number of benzene rings is 2. The van der Waals surface area contributed by atoms with Crippen LogP contribution in [0.5, 0.6) is 0 Å². The van der Waals surface area contributed by atoms with Crippen molar-refractivity contribution in [2.75, 3.05) is 0 Å². The molecule has 4 rings (SSSR count). The molecule has 0 saturated heterocycles. The van der Waals surface area contributed by atoms with E-state index >= 15 is 0 Å². The molecule has 2 aromatic carbocycles. The summed E-state index contributed by atoms with van der Waals surface area (Å²) in [5.41, 5.74) is 1.08. The van der Waals surface area contributed by atoms with Gasteiger partial charge in [-0.3, -0.25) is 4.79 Å². The number of nitrogens with zero attached hydrogens (tertiary/aromatic N) is 2. The van der Waals surface area contributed by atoms with E-state index in [4.69, 9.17) is 4.42 Å². The minimum Gasteiger partial charge on any atom is -0.433 e. The van der Waals surface area contributed by atoms with E-state index in [1.165, 1.54) is 16.4 Å². The average Bonchev–Trinajstić information content (AvgIpc) is 3.10. The first-order valence-electron chi connectivity index (χ1n) is 8.14. The predicted octanol–water partition coefficient (Wildman–Crippen LogP) is 3.12. The fourth-order valence-electron chi connectivity index (χ4n) is 2.98. The molecule has 1 aliphatic heterocycles. The van der Waals surface area contributed by atoms with Crippen LogP contribution < -0.4 is 0 Å². The summed E-state index contributed by atoms with van der Waals surface area (Å²) in [5, 5.41) is 0. The van der Waals surface area contributed by atoms with E-state index in [-0.39, 0.29) is 23.0 Å². The quantitative estimate of drug-likeness (QED) is 0.710. The Morgan fingerprint density at radius 1 is 1.04 bits per heavy atom. The Morgan fingerprint density at radius 2 is 1.65 bits per heavy atom. The van der Waals surface area contributed by atoms with Crippen molar-refractivity contribution in [1.82, 2.24) is 9.29 Å². The van der Waals surface area contributed by atoms with Gasteiger partial charge in [-0.05, 0) is 31.2 Å². The Balaban J connectivity index is 1.75. The minimum atomic E-state index is -3.81. The highest BCUT2D eigenvalue weighted by Crippen LogP contribution is 2.31. The van der Waals surface area contributed by atoms with Crippen LogP contribution in [0.2, 0.25) is 0 Å². The maximum atomic E-state index is 12.9. The van der Waals surface area contributed by atoms with Crippen LogP contribution in [0.15, 0.2) is 70.0 Å². The molecule has 0 radical (unpaired) electrons. The van der Waals surface area contributed by atoms with E-state index in [9.17, 15) is 13.2 Å². The van der Waals surface area contributed by atoms with Crippen LogP contribution in [0.3, 0.4) is 0 Å². The zero-order valence-electron chi connectivity index (χ0n) is 14.0. The third-order valence-electron chi connectivity index (χ3n) is 4.41. The molecule has 1 aromatic heterocycles. The lowest BCUT2D eigenvalue weighted by atomic mass is 10.1. The van der Waals surface area contributed by atoms with E-state index in [1.807, 2.05) is 30.3 Å². The topological polar surface area (TPSA) is 80.5 Å². The molecule has 0 spiro atoms. The molecule has 0 amide bonds. The summed E-state index contributed by atoms with van der Waals surface area (Å²) in [6.45, 7) is 1.56. The van der Waals surface area contributed by atoms with E-state index in [0.29, 0.717) is 11.6 Å². The monoisotopic (exact) mass is 368 g/mol. The third kappa shape index (κ3) is 2.65. The smallest absolute Gasteiger partial charge is 0.244 e. The SMILES string of the molecule is C[C@H]1C(=O)c2oc(-c3ccccc3)nc2CN1S(=O)(=O)c1ccccc1. The summed E-state index contributed by atoms with van der Waals surface area (Å²) < 4.78 is 32.7. The number of sulfonamides is 1. The van der Waals surface area contributed by atoms with Crippen LogP contribution in [0.4, 0.5) is 0 Å². The number of rotatable bonds is 3. The summed E-state index contributed by atoms with van der Waals surface area (Å²) in [5.74, 6) is 0.0615. The summed E-state index contributed by atoms with van der Waals surface area (Å²) in [6, 6.07) is 16.4. The highest BCUT2D eigenvalue weighted by Gasteiger charge is 2.41. The molecule has 2 heterocycles. The molecular formula is C19H16N2O4S. The fourth-order valence-corrected chi connectivity index (χ4v) is 4.56. The first kappa shape index (κ1) is 16.7. The molecule has 0 unspecified atom stereocenters. The number of Topliss-reactive ketones (excluding diaryl/α,β-unsaturated/α-hetero) is 1. The normalized spacial score (nSPS) is 17.9. The summed E-state index contributed by atoms with van der Waals surface area (Å²) in [7, 11) is -3.81. The molecule has 26 heavy (non-hydrogen) atoms. The number of oxazole rings is 1. The van der Waals surface area contributed by atoms with Crippen molar-refractivity contribution in [2.24, 2.45) is 0 Å². The lowest BCUT2D eigenvalue weighted by molar-refractivity contribution is 0.0851. The first-order valence-corrected chi connectivity index (χ1v) is 9.59. The number of aromatic nitrogens is 1. The van der Waals surface area contributed by atoms with Gasteiger partial charge in [-0.1, -0.05) is 36.4 Å². The van der Waals surface area contributed by atoms with Gasteiger partial charge in [0.2, 0.25) is 21.7 Å². The summed E-state index contributed by atoms with van der Waals surface area (Å²) in [4.78, 5) is 17.2. The Kier molecular flexibility index (Phi) is 3.97. The second-order valence-electron chi connectivity index (χ2n) is 6.06. The zero-order chi connectivity index (χ0) is 18.3. The van der Waals surface area contributed by atoms with Gasteiger partial charge >= 0.3 is 0 Å². The zero-order valence-corrected chi connectivity index (χ0v) is 14.8. The van der Waals surface area contributed by atoms with Crippen molar-refractivity contribution < 1.29 is 17.6 Å². The van der Waals surface area contributed by atoms with Crippen molar-refractivity contribution in [3.8, 4) is 11.5 Å². The molecule has 1 aliphatic rings. The molecule has 1 atom stereocenters. The average molecular weight is 368 g/mol. The van der Waals surface area contributed by atoms with Gasteiger partial charge in [0.25, 0.3) is 0 Å². The van der Waals surface area contributed by atoms with Crippen molar-refractivity contribution >= 4 is 15.8 Å². The van der Waals surface area contributed by atoms with Gasteiger partial charge in [0.05, 0.1) is 17.5 Å². The largest absolute Gasteiger partial charge is 0.433 e. The fraction of sp³-hybridized carbons (Fsp3) is 0.158. The molecule has 0 saturated carbocycles. The van der Waals surface area contributed by atoms with Gasteiger partial charge in [-0.15, -0.1) is 0 Å². The van der Waals surface area contributed by atoms with E-state index in [1.54, 1.807) is 25.1 Å². The Hall–Kier alpha value is -2.77. The molecule has 0 fully saturated rings. The second kappa shape index (κ2) is 6.19. The van der Waals surface area contributed by atoms with Crippen molar-refractivity contribution in [2.45, 2.75) is 24.4 Å². The Morgan fingerprint density at radius 3 is 2.31 bits per heavy atom. The van der Waals surface area contributed by atoms with E-state index in [0.717, 1.165) is 5.56 Å². The molecule has 132 valence electrons. The number of ketones is 1. The molecule has 3 aromatic rings. The lowest BCUT2D eigenvalue weighted by Gasteiger charge is -2.29. The van der Waals surface area contributed by atoms with Crippen LogP contribution >= 0.6 is 0 Å². The van der Waals surface area contributed by atoms with Crippen molar-refractivity contribution in [1.29, 1.82) is 0 Å². The van der Waals surface area contributed by atoms with Crippen LogP contribution in [0.25, 0.3) is 11.5 Å². The maximum absolute atomic E-state index is 12.9. The molecule has 0 bridgehead atoms. The van der Waals surface area contributed by atoms with E-state index in [2.05, 4.69) is 4.98 Å². The first-order chi connectivity index (χ1) is 12.5. The van der Waals surface area contributed by atoms with Gasteiger partial charge in [0.1, 0.15) is 5.69 Å². The van der Waals surface area contributed by atoms with Crippen LogP contribution in [0.1, 0.15) is 23.2 Å².